The van der Waals surface area contributed by atoms with E-state index in [4.69, 9.17) is 18.9 Å². The third-order valence-corrected chi connectivity index (χ3v) is 4.82. The van der Waals surface area contributed by atoms with Crippen LogP contribution < -0.4 is 14.2 Å². The van der Waals surface area contributed by atoms with Crippen LogP contribution in [0.1, 0.15) is 30.1 Å². The summed E-state index contributed by atoms with van der Waals surface area (Å²) in [6.45, 7) is 1.94. The van der Waals surface area contributed by atoms with E-state index in [9.17, 15) is 4.79 Å². The van der Waals surface area contributed by atoms with Crippen molar-refractivity contribution in [2.45, 2.75) is 25.9 Å². The smallest absolute Gasteiger partial charge is 0.203 e. The van der Waals surface area contributed by atoms with Crippen LogP contribution in [-0.2, 0) is 4.74 Å². The highest BCUT2D eigenvalue weighted by Crippen LogP contribution is 2.40. The first-order valence-corrected chi connectivity index (χ1v) is 9.22. The Kier molecular flexibility index (Phi) is 6.33. The fraction of sp³-hybridized carbons (Fsp3) is 0.381. The molecule has 2 heterocycles. The Morgan fingerprint density at radius 3 is 2.38 bits per heavy atom. The van der Waals surface area contributed by atoms with E-state index in [1.54, 1.807) is 53.0 Å². The monoisotopic (exact) mass is 399 g/mol. The molecular formula is C21H25N3O5. The summed E-state index contributed by atoms with van der Waals surface area (Å²) < 4.78 is 21.4. The number of ether oxygens (including phenoxy) is 4. The lowest BCUT2D eigenvalue weighted by molar-refractivity contribution is 0.0879. The molecule has 0 amide bonds. The van der Waals surface area contributed by atoms with Gasteiger partial charge >= 0.3 is 0 Å². The molecule has 0 saturated carbocycles. The molecule has 0 aliphatic rings. The van der Waals surface area contributed by atoms with Crippen LogP contribution in [0.2, 0.25) is 0 Å². The lowest BCUT2D eigenvalue weighted by Gasteiger charge is -2.14. The maximum atomic E-state index is 12.7. The van der Waals surface area contributed by atoms with Gasteiger partial charge in [0, 0.05) is 25.3 Å². The van der Waals surface area contributed by atoms with E-state index in [1.165, 1.54) is 0 Å². The fourth-order valence-corrected chi connectivity index (χ4v) is 3.06. The fourth-order valence-electron chi connectivity index (χ4n) is 3.06. The Morgan fingerprint density at radius 1 is 1.10 bits per heavy atom. The van der Waals surface area contributed by atoms with Crippen LogP contribution in [0.25, 0.3) is 22.4 Å². The van der Waals surface area contributed by atoms with Crippen molar-refractivity contribution in [1.82, 2.24) is 15.0 Å². The lowest BCUT2D eigenvalue weighted by Crippen LogP contribution is -2.08. The van der Waals surface area contributed by atoms with Crippen molar-refractivity contribution in [2.24, 2.45) is 0 Å². The van der Waals surface area contributed by atoms with Crippen LogP contribution in [0.3, 0.4) is 0 Å². The maximum Gasteiger partial charge on any atom is 0.203 e. The van der Waals surface area contributed by atoms with Gasteiger partial charge in [0.25, 0.3) is 0 Å². The second-order valence-electron chi connectivity index (χ2n) is 6.58. The molecule has 0 fully saturated rings. The number of H-pyrrole nitrogens is 1. The second-order valence-corrected chi connectivity index (χ2v) is 6.58. The number of ketones is 1. The van der Waals surface area contributed by atoms with E-state index in [1.807, 2.05) is 6.92 Å². The highest BCUT2D eigenvalue weighted by atomic mass is 16.5. The minimum absolute atomic E-state index is 0.00325. The number of hydrogen-bond acceptors (Lipinski definition) is 7. The van der Waals surface area contributed by atoms with Crippen molar-refractivity contribution >= 4 is 16.9 Å². The molecule has 0 aliphatic heterocycles. The number of aromatic nitrogens is 3. The van der Waals surface area contributed by atoms with Crippen LogP contribution in [0, 0.1) is 0 Å². The highest BCUT2D eigenvalue weighted by Gasteiger charge is 2.18. The molecule has 1 aromatic carbocycles. The number of nitrogens with zero attached hydrogens (tertiary/aromatic N) is 2. The number of carbonyl (C=O) groups is 1. The van der Waals surface area contributed by atoms with Gasteiger partial charge in [-0.1, -0.05) is 0 Å². The molecule has 0 radical (unpaired) electrons. The molecule has 0 bridgehead atoms. The van der Waals surface area contributed by atoms with Gasteiger partial charge in [-0.05, 0) is 25.5 Å². The van der Waals surface area contributed by atoms with E-state index in [-0.39, 0.29) is 11.9 Å². The Labute approximate surface area is 169 Å². The van der Waals surface area contributed by atoms with Gasteiger partial charge in [-0.2, -0.15) is 0 Å². The third-order valence-electron chi connectivity index (χ3n) is 4.82. The van der Waals surface area contributed by atoms with Crippen LogP contribution in [0.4, 0.5) is 0 Å². The number of nitrogens with one attached hydrogen (secondary N) is 1. The first kappa shape index (κ1) is 20.6. The number of fused-ring (bicyclic) bond motifs is 1. The van der Waals surface area contributed by atoms with Gasteiger partial charge in [0.05, 0.1) is 44.9 Å². The van der Waals surface area contributed by atoms with Crippen molar-refractivity contribution < 1.29 is 23.7 Å². The molecular weight excluding hydrogens is 374 g/mol. The Balaban J connectivity index is 2.01. The van der Waals surface area contributed by atoms with Crippen molar-refractivity contribution in [3.63, 3.8) is 0 Å². The van der Waals surface area contributed by atoms with Gasteiger partial charge in [-0.3, -0.25) is 4.79 Å². The summed E-state index contributed by atoms with van der Waals surface area (Å²) in [6, 6.07) is 3.59. The zero-order valence-corrected chi connectivity index (χ0v) is 17.2. The van der Waals surface area contributed by atoms with E-state index in [0.29, 0.717) is 52.5 Å². The van der Waals surface area contributed by atoms with Crippen LogP contribution in [-0.4, -0.2) is 55.3 Å². The minimum Gasteiger partial charge on any atom is -0.493 e. The molecule has 8 heteroatoms. The predicted octanol–water partition coefficient (Wildman–Crippen LogP) is 3.65. The van der Waals surface area contributed by atoms with Gasteiger partial charge in [0.2, 0.25) is 5.75 Å². The standard InChI is InChI=1S/C21H25N3O5/c1-12(26-2)6-7-16(25)14-10-22-21-19(14)24-15(11-23-21)13-8-17(27-3)20(29-5)18(9-13)28-4/h8-12H,6-7H2,1-5H3,(H,22,23). The second kappa shape index (κ2) is 8.91. The number of hydrogen-bond donors (Lipinski definition) is 1. The quantitative estimate of drug-likeness (QED) is 0.549. The van der Waals surface area contributed by atoms with Crippen molar-refractivity contribution in [2.75, 3.05) is 28.4 Å². The third kappa shape index (κ3) is 4.17. The Bertz CT molecular complexity index is 990. The molecule has 8 nitrogen and oxygen atoms in total. The normalized spacial score (nSPS) is 12.0. The summed E-state index contributed by atoms with van der Waals surface area (Å²) in [5.41, 5.74) is 2.94. The summed E-state index contributed by atoms with van der Waals surface area (Å²) in [7, 11) is 6.30. The molecule has 1 unspecified atom stereocenters. The average molecular weight is 399 g/mol. The number of rotatable bonds is 9. The summed E-state index contributed by atoms with van der Waals surface area (Å²) >= 11 is 0. The van der Waals surface area contributed by atoms with Crippen molar-refractivity contribution in [3.8, 4) is 28.5 Å². The summed E-state index contributed by atoms with van der Waals surface area (Å²) in [5, 5.41) is 0. The molecule has 1 atom stereocenters. The zero-order valence-electron chi connectivity index (χ0n) is 17.2. The Hall–Kier alpha value is -3.13. The first-order chi connectivity index (χ1) is 14.0. The van der Waals surface area contributed by atoms with Crippen molar-refractivity contribution in [1.29, 1.82) is 0 Å². The van der Waals surface area contributed by atoms with Gasteiger partial charge in [-0.15, -0.1) is 0 Å². The van der Waals surface area contributed by atoms with Gasteiger partial charge in [-0.25, -0.2) is 9.97 Å². The number of carbonyl (C=O) groups excluding carboxylic acids is 1. The molecule has 1 N–H and O–H groups in total. The lowest BCUT2D eigenvalue weighted by atomic mass is 10.1. The highest BCUT2D eigenvalue weighted by molar-refractivity contribution is 6.06. The molecule has 3 aromatic rings. The SMILES string of the molecule is COc1cc(-c2cnc3[nH]cc(C(=O)CCC(C)OC)c3n2)cc(OC)c1OC. The van der Waals surface area contributed by atoms with Gasteiger partial charge < -0.3 is 23.9 Å². The number of aromatic amines is 1. The topological polar surface area (TPSA) is 95.6 Å². The summed E-state index contributed by atoms with van der Waals surface area (Å²) in [4.78, 5) is 24.8. The molecule has 3 rings (SSSR count). The van der Waals surface area contributed by atoms with E-state index < -0.39 is 0 Å². The van der Waals surface area contributed by atoms with Crippen molar-refractivity contribution in [3.05, 3.63) is 30.1 Å². The van der Waals surface area contributed by atoms with E-state index in [2.05, 4.69) is 15.0 Å². The zero-order chi connectivity index (χ0) is 21.0. The molecule has 0 spiro atoms. The van der Waals surface area contributed by atoms with Crippen LogP contribution in [0.15, 0.2) is 24.5 Å². The predicted molar refractivity (Wildman–Crippen MR) is 109 cm³/mol. The van der Waals surface area contributed by atoms with E-state index in [0.717, 1.165) is 5.56 Å². The van der Waals surface area contributed by atoms with E-state index >= 15 is 0 Å². The number of methoxy groups -OCH3 is 4. The molecule has 0 aliphatic carbocycles. The van der Waals surface area contributed by atoms with Crippen LogP contribution in [0.5, 0.6) is 17.2 Å². The summed E-state index contributed by atoms with van der Waals surface area (Å²) in [6.07, 6.45) is 4.33. The van der Waals surface area contributed by atoms with Gasteiger partial charge in [0.15, 0.2) is 22.9 Å². The first-order valence-electron chi connectivity index (χ1n) is 9.22. The number of Topliss-reactive ketones (excluding diaryl/α,β-unsaturated/α-hetero) is 1. The molecule has 29 heavy (non-hydrogen) atoms. The molecule has 2 aromatic heterocycles. The molecule has 0 saturated heterocycles. The molecule has 154 valence electrons. The van der Waals surface area contributed by atoms with Crippen LogP contribution >= 0.6 is 0 Å². The van der Waals surface area contributed by atoms with Gasteiger partial charge in [0.1, 0.15) is 5.52 Å². The average Bonchev–Trinajstić information content (AvgIpc) is 3.19. The maximum absolute atomic E-state index is 12.7. The summed E-state index contributed by atoms with van der Waals surface area (Å²) in [5.74, 6) is 1.53. The minimum atomic E-state index is -0.00325. The largest absolute Gasteiger partial charge is 0.493 e. The number of benzene rings is 1. The Morgan fingerprint density at radius 2 is 1.79 bits per heavy atom.